The van der Waals surface area contributed by atoms with E-state index in [4.69, 9.17) is 21.1 Å². The Hall–Kier alpha value is -0.970. The van der Waals surface area contributed by atoms with Crippen molar-refractivity contribution < 1.29 is 9.47 Å². The van der Waals surface area contributed by atoms with Crippen LogP contribution in [0.1, 0.15) is 5.56 Å². The van der Waals surface area contributed by atoms with Crippen LogP contribution in [0, 0.1) is 0 Å². The second-order valence-electron chi connectivity index (χ2n) is 4.15. The molecule has 0 atom stereocenters. The lowest BCUT2D eigenvalue weighted by molar-refractivity contribution is 0.174. The number of benzene rings is 1. The molecule has 0 bridgehead atoms. The van der Waals surface area contributed by atoms with E-state index in [1.165, 1.54) is 0 Å². The molecule has 1 aromatic carbocycles. The molecular weight excluding hydrogens is 240 g/mol. The molecule has 1 aliphatic heterocycles. The second kappa shape index (κ2) is 5.58. The number of ether oxygens (including phenoxy) is 2. The number of halogens is 1. The third-order valence-electron chi connectivity index (χ3n) is 2.68. The third kappa shape index (κ3) is 3.03. The molecule has 0 aromatic heterocycles. The smallest absolute Gasteiger partial charge is 0.231 e. The molecule has 1 N–H and O–H groups in total. The summed E-state index contributed by atoms with van der Waals surface area (Å²) in [6.45, 7) is 3.06. The van der Waals surface area contributed by atoms with Crippen molar-refractivity contribution in [2.75, 3.05) is 34.0 Å². The average molecular weight is 257 g/mol. The Kier molecular flexibility index (Phi) is 4.10. The molecule has 1 aromatic rings. The van der Waals surface area contributed by atoms with Gasteiger partial charge in [0.15, 0.2) is 11.5 Å². The van der Waals surface area contributed by atoms with Crippen LogP contribution >= 0.6 is 11.6 Å². The second-order valence-corrected chi connectivity index (χ2v) is 4.56. The number of nitrogens with one attached hydrogen (secondary N) is 1. The summed E-state index contributed by atoms with van der Waals surface area (Å²) < 4.78 is 10.6. The van der Waals surface area contributed by atoms with E-state index in [2.05, 4.69) is 17.3 Å². The van der Waals surface area contributed by atoms with Gasteiger partial charge in [-0.2, -0.15) is 0 Å². The van der Waals surface area contributed by atoms with Crippen LogP contribution in [0.2, 0.25) is 5.02 Å². The van der Waals surface area contributed by atoms with Crippen LogP contribution in [0.25, 0.3) is 0 Å². The monoisotopic (exact) mass is 256 g/mol. The quantitative estimate of drug-likeness (QED) is 0.870. The molecule has 2 rings (SSSR count). The number of rotatable bonds is 5. The van der Waals surface area contributed by atoms with Gasteiger partial charge in [-0.1, -0.05) is 11.6 Å². The van der Waals surface area contributed by atoms with Crippen LogP contribution in [0.3, 0.4) is 0 Å². The average Bonchev–Trinajstić information content (AvgIpc) is 2.75. The third-order valence-corrected chi connectivity index (χ3v) is 2.96. The summed E-state index contributed by atoms with van der Waals surface area (Å²) in [5.74, 6) is 1.41. The van der Waals surface area contributed by atoms with Gasteiger partial charge in [0.2, 0.25) is 6.79 Å². The van der Waals surface area contributed by atoms with Crippen molar-refractivity contribution in [3.05, 3.63) is 22.7 Å². The predicted molar refractivity (Wildman–Crippen MR) is 67.8 cm³/mol. The van der Waals surface area contributed by atoms with Crippen molar-refractivity contribution >= 4 is 11.6 Å². The lowest BCUT2D eigenvalue weighted by Crippen LogP contribution is -2.26. The van der Waals surface area contributed by atoms with Gasteiger partial charge in [0.1, 0.15) is 0 Å². The predicted octanol–water partition coefficient (Wildman–Crippen LogP) is 1.72. The van der Waals surface area contributed by atoms with Crippen LogP contribution in [0.15, 0.2) is 12.1 Å². The standard InChI is InChI=1S/C12H17ClN2O2/c1-14-3-4-15(2)7-9-5-10(13)12-11(6-9)16-8-17-12/h5-6,14H,3-4,7-8H2,1-2H3. The van der Waals surface area contributed by atoms with Gasteiger partial charge in [-0.25, -0.2) is 0 Å². The van der Waals surface area contributed by atoms with Crippen LogP contribution in [0.4, 0.5) is 0 Å². The highest BCUT2D eigenvalue weighted by Crippen LogP contribution is 2.39. The fraction of sp³-hybridized carbons (Fsp3) is 0.500. The van der Waals surface area contributed by atoms with Gasteiger partial charge in [0, 0.05) is 19.6 Å². The summed E-state index contributed by atoms with van der Waals surface area (Å²) in [5, 5.41) is 3.75. The summed E-state index contributed by atoms with van der Waals surface area (Å²) in [5.41, 5.74) is 1.14. The number of hydrogen-bond acceptors (Lipinski definition) is 4. The minimum absolute atomic E-state index is 0.258. The summed E-state index contributed by atoms with van der Waals surface area (Å²) in [7, 11) is 4.03. The molecule has 0 spiro atoms. The Morgan fingerprint density at radius 3 is 3.00 bits per heavy atom. The molecule has 1 aliphatic rings. The summed E-state index contributed by atoms with van der Waals surface area (Å²) in [6.07, 6.45) is 0. The molecule has 0 unspecified atom stereocenters. The van der Waals surface area contributed by atoms with E-state index in [1.54, 1.807) is 0 Å². The first kappa shape index (κ1) is 12.5. The van der Waals surface area contributed by atoms with E-state index in [0.29, 0.717) is 10.8 Å². The lowest BCUT2D eigenvalue weighted by atomic mass is 10.2. The Bertz CT molecular complexity index is 398. The lowest BCUT2D eigenvalue weighted by Gasteiger charge is -2.16. The van der Waals surface area contributed by atoms with Crippen molar-refractivity contribution in [3.63, 3.8) is 0 Å². The molecular formula is C12H17ClN2O2. The molecule has 0 fully saturated rings. The maximum atomic E-state index is 6.13. The first-order chi connectivity index (χ1) is 8.20. The molecule has 5 heteroatoms. The van der Waals surface area contributed by atoms with Crippen molar-refractivity contribution in [3.8, 4) is 11.5 Å². The van der Waals surface area contributed by atoms with Crippen LogP contribution < -0.4 is 14.8 Å². The Morgan fingerprint density at radius 1 is 1.41 bits per heavy atom. The summed E-state index contributed by atoms with van der Waals surface area (Å²) in [4.78, 5) is 2.23. The first-order valence-electron chi connectivity index (χ1n) is 5.62. The minimum atomic E-state index is 0.258. The minimum Gasteiger partial charge on any atom is -0.454 e. The topological polar surface area (TPSA) is 33.7 Å². The summed E-state index contributed by atoms with van der Waals surface area (Å²) >= 11 is 6.13. The molecule has 94 valence electrons. The highest BCUT2D eigenvalue weighted by atomic mass is 35.5. The fourth-order valence-electron chi connectivity index (χ4n) is 1.81. The molecule has 1 heterocycles. The summed E-state index contributed by atoms with van der Waals surface area (Å²) in [6, 6.07) is 3.93. The molecule has 0 saturated heterocycles. The number of fused-ring (bicyclic) bond motifs is 1. The van der Waals surface area contributed by atoms with Crippen molar-refractivity contribution in [1.29, 1.82) is 0 Å². The highest BCUT2D eigenvalue weighted by Gasteiger charge is 2.18. The van der Waals surface area contributed by atoms with E-state index >= 15 is 0 Å². The zero-order valence-electron chi connectivity index (χ0n) is 10.1. The van der Waals surface area contributed by atoms with Gasteiger partial charge in [-0.15, -0.1) is 0 Å². The molecule has 0 radical (unpaired) electrons. The normalized spacial score (nSPS) is 13.4. The van der Waals surface area contributed by atoms with Crippen molar-refractivity contribution in [2.24, 2.45) is 0 Å². The number of nitrogens with zero attached hydrogens (tertiary/aromatic N) is 1. The zero-order chi connectivity index (χ0) is 12.3. The van der Waals surface area contributed by atoms with Gasteiger partial charge in [0.05, 0.1) is 5.02 Å². The van der Waals surface area contributed by atoms with Gasteiger partial charge in [-0.3, -0.25) is 0 Å². The Balaban J connectivity index is 2.04. The van der Waals surface area contributed by atoms with Gasteiger partial charge in [-0.05, 0) is 31.8 Å². The molecule has 0 amide bonds. The van der Waals surface area contributed by atoms with Gasteiger partial charge in [0.25, 0.3) is 0 Å². The maximum absolute atomic E-state index is 6.13. The van der Waals surface area contributed by atoms with E-state index in [9.17, 15) is 0 Å². The van der Waals surface area contributed by atoms with Crippen LogP contribution in [-0.2, 0) is 6.54 Å². The molecule has 4 nitrogen and oxygen atoms in total. The van der Waals surface area contributed by atoms with Crippen LogP contribution in [-0.4, -0.2) is 38.9 Å². The van der Waals surface area contributed by atoms with E-state index in [-0.39, 0.29) is 6.79 Å². The maximum Gasteiger partial charge on any atom is 0.231 e. The van der Waals surface area contributed by atoms with Gasteiger partial charge < -0.3 is 19.7 Å². The first-order valence-corrected chi connectivity index (χ1v) is 5.99. The van der Waals surface area contributed by atoms with E-state index in [1.807, 2.05) is 19.2 Å². The number of hydrogen-bond donors (Lipinski definition) is 1. The molecule has 0 saturated carbocycles. The van der Waals surface area contributed by atoms with E-state index in [0.717, 1.165) is 30.9 Å². The Morgan fingerprint density at radius 2 is 2.24 bits per heavy atom. The van der Waals surface area contributed by atoms with Crippen molar-refractivity contribution in [1.82, 2.24) is 10.2 Å². The van der Waals surface area contributed by atoms with E-state index < -0.39 is 0 Å². The molecule has 0 aliphatic carbocycles. The SMILES string of the molecule is CNCCN(C)Cc1cc(Cl)c2c(c1)OCO2. The number of likely N-dealkylation sites (N-methyl/N-ethyl adjacent to an activating group) is 2. The van der Waals surface area contributed by atoms with Crippen molar-refractivity contribution in [2.45, 2.75) is 6.54 Å². The zero-order valence-corrected chi connectivity index (χ0v) is 10.9. The van der Waals surface area contributed by atoms with Gasteiger partial charge >= 0.3 is 0 Å². The fourth-order valence-corrected chi connectivity index (χ4v) is 2.09. The highest BCUT2D eigenvalue weighted by molar-refractivity contribution is 6.32. The molecule has 17 heavy (non-hydrogen) atoms. The van der Waals surface area contributed by atoms with Crippen LogP contribution in [0.5, 0.6) is 11.5 Å². The largest absolute Gasteiger partial charge is 0.454 e. The Labute approximate surface area is 106 Å².